The molecule has 116 valence electrons. The maximum absolute atomic E-state index is 13.1. The van der Waals surface area contributed by atoms with Gasteiger partial charge in [-0.2, -0.15) is 5.10 Å². The van der Waals surface area contributed by atoms with Crippen molar-refractivity contribution >= 4 is 17.1 Å². The van der Waals surface area contributed by atoms with Gasteiger partial charge in [0.1, 0.15) is 5.82 Å². The lowest BCUT2D eigenvalue weighted by molar-refractivity contribution is 0.626. The van der Waals surface area contributed by atoms with Crippen LogP contribution >= 0.6 is 0 Å². The molecule has 2 rings (SSSR count). The van der Waals surface area contributed by atoms with Gasteiger partial charge in [-0.3, -0.25) is 5.01 Å². The first-order valence-corrected chi connectivity index (χ1v) is 7.35. The number of aryl methyl sites for hydroxylation is 1. The Bertz CT molecular complexity index is 675. The topological polar surface area (TPSA) is 41.6 Å². The molecule has 0 unspecified atom stereocenters. The summed E-state index contributed by atoms with van der Waals surface area (Å²) in [6.07, 6.45) is 0. The summed E-state index contributed by atoms with van der Waals surface area (Å²) in [5.41, 5.74) is 10.5. The van der Waals surface area contributed by atoms with Gasteiger partial charge in [-0.1, -0.05) is 11.6 Å². The van der Waals surface area contributed by atoms with Crippen molar-refractivity contribution in [3.05, 3.63) is 59.4 Å². The van der Waals surface area contributed by atoms with Crippen molar-refractivity contribution in [2.75, 3.05) is 10.7 Å². The molecule has 2 N–H and O–H groups in total. The second-order valence-corrected chi connectivity index (χ2v) is 5.69. The number of rotatable bonds is 4. The van der Waals surface area contributed by atoms with Crippen molar-refractivity contribution in [2.45, 2.75) is 33.7 Å². The van der Waals surface area contributed by atoms with E-state index in [1.54, 1.807) is 12.1 Å². The number of benzene rings is 2. The highest BCUT2D eigenvalue weighted by Gasteiger charge is 2.12. The largest absolute Gasteiger partial charge is 0.398 e. The molecule has 2 aromatic rings. The van der Waals surface area contributed by atoms with E-state index in [1.807, 2.05) is 50.9 Å². The van der Waals surface area contributed by atoms with Crippen LogP contribution in [0.25, 0.3) is 0 Å². The molecular formula is C18H22FN3. The van der Waals surface area contributed by atoms with Gasteiger partial charge < -0.3 is 5.73 Å². The molecule has 0 aliphatic carbocycles. The Balaban J connectivity index is 2.41. The molecular weight excluding hydrogens is 277 g/mol. The van der Waals surface area contributed by atoms with Crippen LogP contribution in [0.15, 0.2) is 47.6 Å². The van der Waals surface area contributed by atoms with Gasteiger partial charge in [0.15, 0.2) is 0 Å². The molecule has 0 heterocycles. The van der Waals surface area contributed by atoms with E-state index in [9.17, 15) is 4.39 Å². The molecule has 0 saturated carbocycles. The quantitative estimate of drug-likeness (QED) is 0.518. The summed E-state index contributed by atoms with van der Waals surface area (Å²) < 4.78 is 13.1. The number of nitrogen functional groups attached to an aromatic ring is 1. The van der Waals surface area contributed by atoms with Crippen LogP contribution in [0.1, 0.15) is 31.9 Å². The van der Waals surface area contributed by atoms with E-state index >= 15 is 0 Å². The zero-order chi connectivity index (χ0) is 16.3. The van der Waals surface area contributed by atoms with Crippen LogP contribution in [0.5, 0.6) is 0 Å². The van der Waals surface area contributed by atoms with E-state index in [-0.39, 0.29) is 11.9 Å². The number of anilines is 2. The molecule has 0 amide bonds. The maximum atomic E-state index is 13.1. The maximum Gasteiger partial charge on any atom is 0.123 e. The Morgan fingerprint density at radius 3 is 2.36 bits per heavy atom. The predicted molar refractivity (Wildman–Crippen MR) is 91.8 cm³/mol. The molecule has 0 spiro atoms. The van der Waals surface area contributed by atoms with Gasteiger partial charge in [0.05, 0.1) is 11.4 Å². The lowest BCUT2D eigenvalue weighted by Gasteiger charge is -2.24. The molecule has 0 aliphatic heterocycles. The fraction of sp³-hybridized carbons (Fsp3) is 0.278. The van der Waals surface area contributed by atoms with Crippen LogP contribution < -0.4 is 10.7 Å². The first-order chi connectivity index (χ1) is 10.4. The summed E-state index contributed by atoms with van der Waals surface area (Å²) in [5.74, 6) is -0.254. The third-order valence-corrected chi connectivity index (χ3v) is 3.44. The average molecular weight is 299 g/mol. The normalized spacial score (nSPS) is 11.8. The van der Waals surface area contributed by atoms with Crippen molar-refractivity contribution in [2.24, 2.45) is 5.10 Å². The van der Waals surface area contributed by atoms with Crippen molar-refractivity contribution in [1.82, 2.24) is 0 Å². The summed E-state index contributed by atoms with van der Waals surface area (Å²) in [4.78, 5) is 0. The number of hydrogen-bond acceptors (Lipinski definition) is 3. The molecule has 0 saturated heterocycles. The number of nitrogens with two attached hydrogens (primary N) is 1. The molecule has 0 fully saturated rings. The van der Waals surface area contributed by atoms with Crippen LogP contribution in [0.4, 0.5) is 15.8 Å². The van der Waals surface area contributed by atoms with Crippen LogP contribution in [0.2, 0.25) is 0 Å². The molecule has 4 heteroatoms. The van der Waals surface area contributed by atoms with Gasteiger partial charge in [0, 0.05) is 17.3 Å². The monoisotopic (exact) mass is 299 g/mol. The average Bonchev–Trinajstić information content (AvgIpc) is 2.48. The van der Waals surface area contributed by atoms with Crippen LogP contribution in [0.3, 0.4) is 0 Å². The molecule has 0 aromatic heterocycles. The van der Waals surface area contributed by atoms with Crippen molar-refractivity contribution in [1.29, 1.82) is 0 Å². The highest BCUT2D eigenvalue weighted by atomic mass is 19.1. The van der Waals surface area contributed by atoms with E-state index in [0.29, 0.717) is 5.69 Å². The third-order valence-electron chi connectivity index (χ3n) is 3.44. The zero-order valence-electron chi connectivity index (χ0n) is 13.5. The van der Waals surface area contributed by atoms with E-state index in [4.69, 9.17) is 10.8 Å². The van der Waals surface area contributed by atoms with Gasteiger partial charge in [-0.05, 0) is 64.1 Å². The van der Waals surface area contributed by atoms with E-state index in [0.717, 1.165) is 22.5 Å². The lowest BCUT2D eigenvalue weighted by Crippen LogP contribution is -2.26. The predicted octanol–water partition coefficient (Wildman–Crippen LogP) is 4.36. The van der Waals surface area contributed by atoms with Gasteiger partial charge in [-0.15, -0.1) is 0 Å². The molecule has 0 aliphatic rings. The molecule has 0 atom stereocenters. The summed E-state index contributed by atoms with van der Waals surface area (Å²) in [7, 11) is 0. The highest BCUT2D eigenvalue weighted by molar-refractivity contribution is 6.03. The second kappa shape index (κ2) is 6.60. The van der Waals surface area contributed by atoms with Gasteiger partial charge in [0.25, 0.3) is 0 Å². The van der Waals surface area contributed by atoms with Crippen molar-refractivity contribution in [3.8, 4) is 0 Å². The first kappa shape index (κ1) is 16.0. The smallest absolute Gasteiger partial charge is 0.123 e. The summed E-state index contributed by atoms with van der Waals surface area (Å²) in [6.45, 7) is 8.04. The molecule has 0 radical (unpaired) electrons. The Hall–Kier alpha value is -2.36. The van der Waals surface area contributed by atoms with Gasteiger partial charge in [0.2, 0.25) is 0 Å². The van der Waals surface area contributed by atoms with Gasteiger partial charge in [-0.25, -0.2) is 4.39 Å². The molecule has 2 aromatic carbocycles. The third kappa shape index (κ3) is 3.64. The second-order valence-electron chi connectivity index (χ2n) is 5.69. The minimum Gasteiger partial charge on any atom is -0.398 e. The molecule has 3 nitrogen and oxygen atoms in total. The lowest BCUT2D eigenvalue weighted by atomic mass is 10.1. The SMILES string of the molecule is C/C(=N\N(c1ccc(F)cc1)C(C)C)c1cc(C)ccc1N. The highest BCUT2D eigenvalue weighted by Crippen LogP contribution is 2.21. The van der Waals surface area contributed by atoms with E-state index in [1.165, 1.54) is 12.1 Å². The Morgan fingerprint density at radius 2 is 1.77 bits per heavy atom. The van der Waals surface area contributed by atoms with Crippen molar-refractivity contribution in [3.63, 3.8) is 0 Å². The Morgan fingerprint density at radius 1 is 1.14 bits per heavy atom. The fourth-order valence-corrected chi connectivity index (χ4v) is 2.26. The fourth-order valence-electron chi connectivity index (χ4n) is 2.26. The first-order valence-electron chi connectivity index (χ1n) is 7.35. The van der Waals surface area contributed by atoms with Crippen LogP contribution in [0, 0.1) is 12.7 Å². The van der Waals surface area contributed by atoms with Crippen LogP contribution in [-0.4, -0.2) is 11.8 Å². The number of halogens is 1. The standard InChI is InChI=1S/C18H22FN3/c1-12(2)22(16-8-6-15(19)7-9-16)21-14(4)17-11-13(3)5-10-18(17)20/h5-12H,20H2,1-4H3/b21-14+. The molecule has 0 bridgehead atoms. The van der Waals surface area contributed by atoms with E-state index < -0.39 is 0 Å². The number of nitrogens with zero attached hydrogens (tertiary/aromatic N) is 2. The minimum atomic E-state index is -0.254. The summed E-state index contributed by atoms with van der Waals surface area (Å²) in [5, 5.41) is 6.57. The Labute approximate surface area is 131 Å². The number of hydrazone groups is 1. The zero-order valence-corrected chi connectivity index (χ0v) is 13.5. The van der Waals surface area contributed by atoms with E-state index in [2.05, 4.69) is 0 Å². The molecule has 22 heavy (non-hydrogen) atoms. The van der Waals surface area contributed by atoms with Gasteiger partial charge >= 0.3 is 0 Å². The summed E-state index contributed by atoms with van der Waals surface area (Å²) in [6, 6.07) is 12.4. The van der Waals surface area contributed by atoms with Crippen molar-refractivity contribution < 1.29 is 4.39 Å². The summed E-state index contributed by atoms with van der Waals surface area (Å²) >= 11 is 0. The minimum absolute atomic E-state index is 0.145. The van der Waals surface area contributed by atoms with Crippen LogP contribution in [-0.2, 0) is 0 Å². The Kier molecular flexibility index (Phi) is 4.81. The number of hydrogen-bond donors (Lipinski definition) is 1.